The maximum Gasteiger partial charge on any atom is 0.408 e. The monoisotopic (exact) mass is 505 g/mol. The number of piperidine rings is 1. The summed E-state index contributed by atoms with van der Waals surface area (Å²) in [5.41, 5.74) is 1.91. The highest BCUT2D eigenvalue weighted by molar-refractivity contribution is 5.88. The van der Waals surface area contributed by atoms with Crippen molar-refractivity contribution in [1.29, 1.82) is 0 Å². The van der Waals surface area contributed by atoms with E-state index in [1.54, 1.807) is 12.2 Å². The summed E-state index contributed by atoms with van der Waals surface area (Å²) in [7, 11) is 0. The zero-order valence-electron chi connectivity index (χ0n) is 21.9. The van der Waals surface area contributed by atoms with E-state index in [1.807, 2.05) is 79.4 Å². The number of amides is 3. The molecule has 0 saturated carbocycles. The lowest BCUT2D eigenvalue weighted by Gasteiger charge is -2.26. The van der Waals surface area contributed by atoms with Gasteiger partial charge in [0.05, 0.1) is 6.04 Å². The Kier molecular flexibility index (Phi) is 11.2. The second kappa shape index (κ2) is 14.8. The first kappa shape index (κ1) is 28.0. The maximum absolute atomic E-state index is 13.3. The highest BCUT2D eigenvalue weighted by atomic mass is 16.5. The Balaban J connectivity index is 1.66. The van der Waals surface area contributed by atoms with Gasteiger partial charge in [-0.15, -0.1) is 0 Å². The van der Waals surface area contributed by atoms with Crippen LogP contribution in [-0.4, -0.2) is 48.0 Å². The van der Waals surface area contributed by atoms with Crippen LogP contribution in [0.4, 0.5) is 4.79 Å². The van der Waals surface area contributed by atoms with Crippen molar-refractivity contribution in [3.05, 3.63) is 83.9 Å². The van der Waals surface area contributed by atoms with Gasteiger partial charge < -0.3 is 20.3 Å². The minimum absolute atomic E-state index is 0.0339. The van der Waals surface area contributed by atoms with Crippen LogP contribution in [0, 0.1) is 5.92 Å². The second-order valence-corrected chi connectivity index (χ2v) is 9.94. The van der Waals surface area contributed by atoms with Crippen molar-refractivity contribution < 1.29 is 19.1 Å². The van der Waals surface area contributed by atoms with Crippen LogP contribution in [0.3, 0.4) is 0 Å². The molecule has 0 spiro atoms. The fourth-order valence-corrected chi connectivity index (χ4v) is 4.35. The van der Waals surface area contributed by atoms with Crippen LogP contribution in [-0.2, 0) is 27.4 Å². The van der Waals surface area contributed by atoms with E-state index >= 15 is 0 Å². The van der Waals surface area contributed by atoms with Gasteiger partial charge in [0.1, 0.15) is 12.6 Å². The van der Waals surface area contributed by atoms with E-state index < -0.39 is 18.2 Å². The van der Waals surface area contributed by atoms with E-state index in [2.05, 4.69) is 10.6 Å². The Morgan fingerprint density at radius 1 is 0.892 bits per heavy atom. The average molecular weight is 506 g/mol. The highest BCUT2D eigenvalue weighted by Crippen LogP contribution is 2.11. The molecule has 1 fully saturated rings. The van der Waals surface area contributed by atoms with E-state index in [0.717, 1.165) is 43.5 Å². The molecule has 0 radical (unpaired) electrons. The van der Waals surface area contributed by atoms with Crippen LogP contribution < -0.4 is 10.6 Å². The molecule has 2 aromatic carbocycles. The lowest BCUT2D eigenvalue weighted by molar-refractivity contribution is -0.127. The molecule has 37 heavy (non-hydrogen) atoms. The normalized spacial score (nSPS) is 15.3. The number of rotatable bonds is 11. The quantitative estimate of drug-likeness (QED) is 0.436. The summed E-state index contributed by atoms with van der Waals surface area (Å²) in [5.74, 6) is -0.163. The Hall–Kier alpha value is -3.61. The van der Waals surface area contributed by atoms with Gasteiger partial charge >= 0.3 is 6.09 Å². The fourth-order valence-electron chi connectivity index (χ4n) is 4.35. The minimum Gasteiger partial charge on any atom is -0.445 e. The molecule has 0 aromatic heterocycles. The van der Waals surface area contributed by atoms with Gasteiger partial charge in [-0.2, -0.15) is 0 Å². The summed E-state index contributed by atoms with van der Waals surface area (Å²) in [6, 6.07) is 18.1. The van der Waals surface area contributed by atoms with Gasteiger partial charge in [0.25, 0.3) is 0 Å². The molecular formula is C30H39N3O4. The number of alkyl carbamates (subject to hydrolysis) is 1. The van der Waals surface area contributed by atoms with Crippen LogP contribution in [0.5, 0.6) is 0 Å². The number of carbonyl (C=O) groups excluding carboxylic acids is 3. The number of likely N-dealkylation sites (tertiary alicyclic amines) is 1. The van der Waals surface area contributed by atoms with E-state index in [0.29, 0.717) is 12.8 Å². The van der Waals surface area contributed by atoms with Gasteiger partial charge in [-0.25, -0.2) is 4.79 Å². The number of nitrogens with zero attached hydrogens (tertiary/aromatic N) is 1. The Morgan fingerprint density at radius 2 is 1.51 bits per heavy atom. The SMILES string of the molecule is CC(C)C[C@H](NC(=O)OCc1ccccc1)C(=O)N[C@H](/C=C/C(=O)N1CCCCC1)Cc1ccccc1. The third-order valence-electron chi connectivity index (χ3n) is 6.29. The van der Waals surface area contributed by atoms with Crippen molar-refractivity contribution in [3.63, 3.8) is 0 Å². The third-order valence-corrected chi connectivity index (χ3v) is 6.29. The summed E-state index contributed by atoms with van der Waals surface area (Å²) in [6.45, 7) is 5.65. The zero-order chi connectivity index (χ0) is 26.5. The molecule has 3 rings (SSSR count). The zero-order valence-corrected chi connectivity index (χ0v) is 21.9. The number of hydrogen-bond donors (Lipinski definition) is 2. The lowest BCUT2D eigenvalue weighted by atomic mass is 10.0. The average Bonchev–Trinajstić information content (AvgIpc) is 2.91. The molecule has 7 nitrogen and oxygen atoms in total. The molecule has 1 aliphatic rings. The van der Waals surface area contributed by atoms with E-state index in [4.69, 9.17) is 4.74 Å². The lowest BCUT2D eigenvalue weighted by Crippen LogP contribution is -2.50. The Bertz CT molecular complexity index is 1020. The number of benzene rings is 2. The highest BCUT2D eigenvalue weighted by Gasteiger charge is 2.25. The van der Waals surface area contributed by atoms with Gasteiger partial charge in [0.2, 0.25) is 11.8 Å². The number of carbonyl (C=O) groups is 3. The summed E-state index contributed by atoms with van der Waals surface area (Å²) in [6.07, 6.45) is 6.88. The van der Waals surface area contributed by atoms with Crippen molar-refractivity contribution in [2.24, 2.45) is 5.92 Å². The van der Waals surface area contributed by atoms with Gasteiger partial charge in [-0.05, 0) is 49.1 Å². The first-order chi connectivity index (χ1) is 17.9. The van der Waals surface area contributed by atoms with Gasteiger partial charge in [0, 0.05) is 19.2 Å². The molecular weight excluding hydrogens is 466 g/mol. The molecule has 0 aliphatic carbocycles. The summed E-state index contributed by atoms with van der Waals surface area (Å²) < 4.78 is 5.34. The topological polar surface area (TPSA) is 87.7 Å². The van der Waals surface area contributed by atoms with Crippen LogP contribution in [0.15, 0.2) is 72.8 Å². The van der Waals surface area contributed by atoms with Crippen molar-refractivity contribution in [3.8, 4) is 0 Å². The van der Waals surface area contributed by atoms with Crippen LogP contribution in [0.25, 0.3) is 0 Å². The molecule has 198 valence electrons. The molecule has 0 bridgehead atoms. The largest absolute Gasteiger partial charge is 0.445 e. The molecule has 2 atom stereocenters. The number of hydrogen-bond acceptors (Lipinski definition) is 4. The summed E-state index contributed by atoms with van der Waals surface area (Å²) >= 11 is 0. The predicted molar refractivity (Wildman–Crippen MR) is 145 cm³/mol. The van der Waals surface area contributed by atoms with Gasteiger partial charge in [0.15, 0.2) is 0 Å². The molecule has 1 heterocycles. The van der Waals surface area contributed by atoms with Crippen molar-refractivity contribution >= 4 is 17.9 Å². The Morgan fingerprint density at radius 3 is 2.14 bits per heavy atom. The predicted octanol–water partition coefficient (Wildman–Crippen LogP) is 4.62. The fraction of sp³-hybridized carbons (Fsp3) is 0.433. The summed E-state index contributed by atoms with van der Waals surface area (Å²) in [5, 5.41) is 5.77. The molecule has 2 N–H and O–H groups in total. The van der Waals surface area contributed by atoms with Crippen molar-refractivity contribution in [1.82, 2.24) is 15.5 Å². The smallest absolute Gasteiger partial charge is 0.408 e. The van der Waals surface area contributed by atoms with Crippen molar-refractivity contribution in [2.75, 3.05) is 13.1 Å². The molecule has 1 aliphatic heterocycles. The molecule has 0 unspecified atom stereocenters. The van der Waals surface area contributed by atoms with Crippen LogP contribution >= 0.6 is 0 Å². The van der Waals surface area contributed by atoms with Gasteiger partial charge in [-0.1, -0.05) is 80.6 Å². The molecule has 7 heteroatoms. The van der Waals surface area contributed by atoms with Gasteiger partial charge in [-0.3, -0.25) is 9.59 Å². The summed E-state index contributed by atoms with van der Waals surface area (Å²) in [4.78, 5) is 40.4. The second-order valence-electron chi connectivity index (χ2n) is 9.94. The first-order valence-electron chi connectivity index (χ1n) is 13.2. The molecule has 1 saturated heterocycles. The number of ether oxygens (including phenoxy) is 1. The van der Waals surface area contributed by atoms with Crippen LogP contribution in [0.2, 0.25) is 0 Å². The molecule has 2 aromatic rings. The van der Waals surface area contributed by atoms with Crippen molar-refractivity contribution in [2.45, 2.75) is 64.6 Å². The first-order valence-corrected chi connectivity index (χ1v) is 13.2. The maximum atomic E-state index is 13.3. The number of nitrogens with one attached hydrogen (secondary N) is 2. The Labute approximate surface area is 220 Å². The van der Waals surface area contributed by atoms with E-state index in [1.165, 1.54) is 0 Å². The minimum atomic E-state index is -0.757. The standard InChI is InChI=1S/C30H39N3O4/c1-23(2)20-27(32-30(36)37-22-25-14-8-4-9-15-25)29(35)31-26(21-24-12-6-3-7-13-24)16-17-28(34)33-18-10-5-11-19-33/h3-4,6-9,12-17,23,26-27H,5,10-11,18-22H2,1-2H3,(H,31,35)(H,32,36)/b17-16+/t26-,27+/m1/s1. The molecule has 3 amide bonds. The van der Waals surface area contributed by atoms with Crippen LogP contribution in [0.1, 0.15) is 50.7 Å². The van der Waals surface area contributed by atoms with E-state index in [-0.39, 0.29) is 24.3 Å². The van der Waals surface area contributed by atoms with E-state index in [9.17, 15) is 14.4 Å². The third kappa shape index (κ3) is 10.1.